The Balaban J connectivity index is 2.91. The molecule has 0 bridgehead atoms. The second kappa shape index (κ2) is 7.03. The molecule has 116 valence electrons. The van der Waals surface area contributed by atoms with Gasteiger partial charge in [0.05, 0.1) is 29.8 Å². The Hall–Kier alpha value is -2.15. The van der Waals surface area contributed by atoms with E-state index < -0.39 is 16.5 Å². The van der Waals surface area contributed by atoms with Crippen molar-refractivity contribution in [1.82, 2.24) is 0 Å². The molecule has 1 aromatic carbocycles. The highest BCUT2D eigenvalue weighted by molar-refractivity contribution is 5.90. The Bertz CT molecular complexity index is 526. The maximum Gasteiger partial charge on any atom is 0.337 e. The number of methoxy groups -OCH3 is 2. The minimum absolute atomic E-state index is 0.0369. The minimum atomic E-state index is -0.577. The van der Waals surface area contributed by atoms with Crippen LogP contribution in [0.15, 0.2) is 18.2 Å². The van der Waals surface area contributed by atoms with Gasteiger partial charge in [-0.2, -0.15) is 0 Å². The standard InChI is InChI=1S/C14H19NO6/c1-14(2,20-4)7-8-21-12-9-10(13(16)19-3)5-6-11(12)15(17)18/h5-6,9H,7-8H2,1-4H3. The van der Waals surface area contributed by atoms with E-state index in [-0.39, 0.29) is 23.6 Å². The minimum Gasteiger partial charge on any atom is -0.487 e. The van der Waals surface area contributed by atoms with E-state index in [9.17, 15) is 14.9 Å². The molecule has 0 N–H and O–H groups in total. The second-order valence-corrected chi connectivity index (χ2v) is 4.99. The van der Waals surface area contributed by atoms with E-state index in [1.807, 2.05) is 13.8 Å². The lowest BCUT2D eigenvalue weighted by Crippen LogP contribution is -2.25. The monoisotopic (exact) mass is 297 g/mol. The second-order valence-electron chi connectivity index (χ2n) is 4.99. The van der Waals surface area contributed by atoms with Crippen LogP contribution in [0.25, 0.3) is 0 Å². The van der Waals surface area contributed by atoms with Crippen molar-refractivity contribution in [2.75, 3.05) is 20.8 Å². The lowest BCUT2D eigenvalue weighted by molar-refractivity contribution is -0.385. The van der Waals surface area contributed by atoms with Crippen LogP contribution in [0.5, 0.6) is 5.75 Å². The number of rotatable bonds is 7. The highest BCUT2D eigenvalue weighted by Crippen LogP contribution is 2.29. The molecular weight excluding hydrogens is 278 g/mol. The fourth-order valence-corrected chi connectivity index (χ4v) is 1.53. The average Bonchev–Trinajstić information content (AvgIpc) is 2.45. The highest BCUT2D eigenvalue weighted by atomic mass is 16.6. The van der Waals surface area contributed by atoms with Crippen LogP contribution < -0.4 is 4.74 Å². The summed E-state index contributed by atoms with van der Waals surface area (Å²) in [5.41, 5.74) is -0.392. The number of hydrogen-bond donors (Lipinski definition) is 0. The third-order valence-electron chi connectivity index (χ3n) is 3.09. The van der Waals surface area contributed by atoms with E-state index in [2.05, 4.69) is 4.74 Å². The van der Waals surface area contributed by atoms with E-state index >= 15 is 0 Å². The molecule has 0 aliphatic carbocycles. The van der Waals surface area contributed by atoms with E-state index in [1.54, 1.807) is 7.11 Å². The fraction of sp³-hybridized carbons (Fsp3) is 0.500. The number of nitro benzene ring substituents is 1. The summed E-state index contributed by atoms with van der Waals surface area (Å²) in [6, 6.07) is 3.86. The summed E-state index contributed by atoms with van der Waals surface area (Å²) in [4.78, 5) is 21.9. The predicted octanol–water partition coefficient (Wildman–Crippen LogP) is 2.58. The van der Waals surface area contributed by atoms with Crippen LogP contribution in [0.1, 0.15) is 30.6 Å². The van der Waals surface area contributed by atoms with Crippen molar-refractivity contribution in [3.05, 3.63) is 33.9 Å². The topological polar surface area (TPSA) is 87.9 Å². The molecular formula is C14H19NO6. The first-order valence-electron chi connectivity index (χ1n) is 6.35. The van der Waals surface area contributed by atoms with Crippen molar-refractivity contribution in [1.29, 1.82) is 0 Å². The number of nitro groups is 1. The third-order valence-corrected chi connectivity index (χ3v) is 3.09. The molecule has 0 fully saturated rings. The SMILES string of the molecule is COC(=O)c1ccc([N+](=O)[O-])c(OCCC(C)(C)OC)c1. The first-order chi connectivity index (χ1) is 9.80. The Morgan fingerprint density at radius 2 is 2.00 bits per heavy atom. The zero-order valence-electron chi connectivity index (χ0n) is 12.5. The van der Waals surface area contributed by atoms with E-state index in [0.717, 1.165) is 0 Å². The molecule has 0 radical (unpaired) electrons. The van der Waals surface area contributed by atoms with Gasteiger partial charge in [0.25, 0.3) is 0 Å². The predicted molar refractivity (Wildman–Crippen MR) is 75.6 cm³/mol. The normalized spacial score (nSPS) is 11.0. The molecule has 21 heavy (non-hydrogen) atoms. The van der Waals surface area contributed by atoms with E-state index in [4.69, 9.17) is 9.47 Å². The lowest BCUT2D eigenvalue weighted by atomic mass is 10.1. The van der Waals surface area contributed by atoms with Crippen molar-refractivity contribution in [3.63, 3.8) is 0 Å². The van der Waals surface area contributed by atoms with Crippen LogP contribution >= 0.6 is 0 Å². The Morgan fingerprint density at radius 1 is 1.33 bits per heavy atom. The van der Waals surface area contributed by atoms with Crippen molar-refractivity contribution in [2.24, 2.45) is 0 Å². The van der Waals surface area contributed by atoms with Crippen LogP contribution in [0.3, 0.4) is 0 Å². The third kappa shape index (κ3) is 4.71. The maximum absolute atomic E-state index is 11.5. The van der Waals surface area contributed by atoms with Crippen LogP contribution in [0, 0.1) is 10.1 Å². The number of benzene rings is 1. The zero-order valence-corrected chi connectivity index (χ0v) is 12.5. The smallest absolute Gasteiger partial charge is 0.337 e. The van der Waals surface area contributed by atoms with E-state index in [0.29, 0.717) is 6.42 Å². The number of nitrogens with zero attached hydrogens (tertiary/aromatic N) is 1. The Kier molecular flexibility index (Phi) is 5.66. The molecule has 0 saturated carbocycles. The Labute approximate surface area is 123 Å². The fourth-order valence-electron chi connectivity index (χ4n) is 1.53. The molecule has 0 saturated heterocycles. The molecule has 0 aliphatic heterocycles. The number of ether oxygens (including phenoxy) is 3. The van der Waals surface area contributed by atoms with Gasteiger partial charge in [0, 0.05) is 25.7 Å². The van der Waals surface area contributed by atoms with Gasteiger partial charge in [-0.1, -0.05) is 0 Å². The molecule has 0 aromatic heterocycles. The number of esters is 1. The molecule has 0 aliphatic rings. The molecule has 0 atom stereocenters. The summed E-state index contributed by atoms with van der Waals surface area (Å²) in [6.07, 6.45) is 0.545. The van der Waals surface area contributed by atoms with Crippen molar-refractivity contribution < 1.29 is 23.9 Å². The maximum atomic E-state index is 11.5. The number of carbonyl (C=O) groups is 1. The molecule has 0 heterocycles. The first-order valence-corrected chi connectivity index (χ1v) is 6.35. The van der Waals surface area contributed by atoms with Gasteiger partial charge >= 0.3 is 11.7 Å². The average molecular weight is 297 g/mol. The summed E-state index contributed by atoms with van der Waals surface area (Å²) in [5, 5.41) is 11.0. The quantitative estimate of drug-likeness (QED) is 0.436. The van der Waals surface area contributed by atoms with Crippen molar-refractivity contribution in [2.45, 2.75) is 25.9 Å². The van der Waals surface area contributed by atoms with Crippen molar-refractivity contribution in [3.8, 4) is 5.75 Å². The molecule has 1 aromatic rings. The zero-order chi connectivity index (χ0) is 16.0. The highest BCUT2D eigenvalue weighted by Gasteiger charge is 2.21. The van der Waals surface area contributed by atoms with Crippen molar-refractivity contribution >= 4 is 11.7 Å². The number of hydrogen-bond acceptors (Lipinski definition) is 6. The first kappa shape index (κ1) is 16.9. The lowest BCUT2D eigenvalue weighted by Gasteiger charge is -2.22. The van der Waals surface area contributed by atoms with Gasteiger partial charge < -0.3 is 14.2 Å². The number of carbonyl (C=O) groups excluding carboxylic acids is 1. The van der Waals surface area contributed by atoms with Gasteiger partial charge in [0.1, 0.15) is 0 Å². The molecule has 7 heteroatoms. The molecule has 0 spiro atoms. The van der Waals surface area contributed by atoms with Gasteiger partial charge in [0.2, 0.25) is 0 Å². The molecule has 7 nitrogen and oxygen atoms in total. The summed E-state index contributed by atoms with van der Waals surface area (Å²) in [6.45, 7) is 4.00. The van der Waals surface area contributed by atoms with E-state index in [1.165, 1.54) is 25.3 Å². The van der Waals surface area contributed by atoms with Gasteiger partial charge in [-0.05, 0) is 19.9 Å². The van der Waals surface area contributed by atoms with Crippen LogP contribution in [-0.2, 0) is 9.47 Å². The van der Waals surface area contributed by atoms with Crippen LogP contribution in [0.4, 0.5) is 5.69 Å². The molecule has 0 unspecified atom stereocenters. The van der Waals surface area contributed by atoms with Gasteiger partial charge in [-0.25, -0.2) is 4.79 Å². The van der Waals surface area contributed by atoms with Gasteiger partial charge in [-0.3, -0.25) is 10.1 Å². The van der Waals surface area contributed by atoms with Crippen LogP contribution in [0.2, 0.25) is 0 Å². The summed E-state index contributed by atoms with van der Waals surface area (Å²) in [7, 11) is 2.83. The Morgan fingerprint density at radius 3 is 2.52 bits per heavy atom. The molecule has 0 amide bonds. The summed E-state index contributed by atoms with van der Waals surface area (Å²) >= 11 is 0. The summed E-state index contributed by atoms with van der Waals surface area (Å²) < 4.78 is 15.3. The summed E-state index contributed by atoms with van der Waals surface area (Å²) in [5.74, 6) is -0.540. The largest absolute Gasteiger partial charge is 0.487 e. The van der Waals surface area contributed by atoms with Gasteiger partial charge in [-0.15, -0.1) is 0 Å². The van der Waals surface area contributed by atoms with Gasteiger partial charge in [0.15, 0.2) is 5.75 Å². The molecule has 1 rings (SSSR count). The van der Waals surface area contributed by atoms with Crippen LogP contribution in [-0.4, -0.2) is 37.3 Å².